The summed E-state index contributed by atoms with van der Waals surface area (Å²) >= 11 is 0. The summed E-state index contributed by atoms with van der Waals surface area (Å²) in [5, 5.41) is 0. The fraction of sp³-hybridized carbons (Fsp3) is 0.778. The second-order valence-corrected chi connectivity index (χ2v) is 19.5. The Kier molecular flexibility index (Phi) is 56.4. The van der Waals surface area contributed by atoms with Gasteiger partial charge in [-0.1, -0.05) is 261 Å². The minimum atomic E-state index is -0.545. The first-order chi connectivity index (χ1) is 33.6. The van der Waals surface area contributed by atoms with Crippen molar-refractivity contribution in [2.24, 2.45) is 0 Å². The van der Waals surface area contributed by atoms with Gasteiger partial charge in [0.05, 0.1) is 6.61 Å². The van der Waals surface area contributed by atoms with Crippen LogP contribution in [0.1, 0.15) is 290 Å². The molecule has 5 nitrogen and oxygen atoms in total. The molecular weight excluding hydrogens is 837 g/mol. The van der Waals surface area contributed by atoms with Crippen LogP contribution in [0.3, 0.4) is 0 Å². The van der Waals surface area contributed by atoms with E-state index in [1.54, 1.807) is 0 Å². The zero-order valence-electron chi connectivity index (χ0n) is 45.4. The molecule has 0 bridgehead atoms. The third-order valence-corrected chi connectivity index (χ3v) is 12.7. The average Bonchev–Trinajstić information content (AvgIpc) is 3.34. The van der Waals surface area contributed by atoms with Crippen molar-refractivity contribution in [3.05, 3.63) is 72.9 Å². The van der Waals surface area contributed by atoms with E-state index in [1.807, 2.05) is 0 Å². The van der Waals surface area contributed by atoms with Gasteiger partial charge in [0, 0.05) is 19.4 Å². The van der Waals surface area contributed by atoms with Crippen LogP contribution < -0.4 is 0 Å². The fourth-order valence-corrected chi connectivity index (χ4v) is 8.36. The van der Waals surface area contributed by atoms with E-state index in [0.717, 1.165) is 70.6 Å². The Morgan fingerprint density at radius 3 is 1.09 bits per heavy atom. The lowest BCUT2D eigenvalue weighted by atomic mass is 10.0. The van der Waals surface area contributed by atoms with Crippen LogP contribution in [0.4, 0.5) is 0 Å². The van der Waals surface area contributed by atoms with Crippen LogP contribution >= 0.6 is 0 Å². The maximum Gasteiger partial charge on any atom is 0.306 e. The highest BCUT2D eigenvalue weighted by Crippen LogP contribution is 2.16. The molecule has 0 N–H and O–H groups in total. The van der Waals surface area contributed by atoms with Crippen molar-refractivity contribution in [2.45, 2.75) is 297 Å². The standard InChI is InChI=1S/C63H112O5/c1-4-7-10-13-16-19-22-25-27-29-31-33-35-37-40-43-46-49-52-55-58-66-59-61(68-63(65)57-54-51-48-45-42-38-24-21-18-15-12-9-6-3)60-67-62(64)56-53-50-47-44-41-39-36-34-32-30-28-26-23-20-17-14-11-8-5-2/h7,10,16-17,19-20,25-28,31,33,61H,4-6,8-9,11-15,18,21-24,29-30,32,34-60H2,1-3H3/b10-7-,19-16-,20-17-,27-25-,28-26-,33-31-. The van der Waals surface area contributed by atoms with E-state index in [0.29, 0.717) is 19.4 Å². The van der Waals surface area contributed by atoms with E-state index >= 15 is 0 Å². The Balaban J connectivity index is 4.26. The van der Waals surface area contributed by atoms with E-state index in [-0.39, 0.29) is 25.2 Å². The van der Waals surface area contributed by atoms with E-state index in [2.05, 4.69) is 93.7 Å². The Hall–Kier alpha value is -2.66. The predicted octanol–water partition coefficient (Wildman–Crippen LogP) is 20.2. The highest BCUT2D eigenvalue weighted by Gasteiger charge is 2.17. The molecule has 1 atom stereocenters. The molecule has 0 saturated heterocycles. The van der Waals surface area contributed by atoms with E-state index < -0.39 is 6.10 Å². The Labute approximate surface area is 423 Å². The maximum absolute atomic E-state index is 12.9. The second kappa shape index (κ2) is 58.7. The lowest BCUT2D eigenvalue weighted by molar-refractivity contribution is -0.163. The molecule has 0 aromatic rings. The number of allylic oxidation sites excluding steroid dienone is 12. The minimum absolute atomic E-state index is 0.0794. The number of hydrogen-bond acceptors (Lipinski definition) is 5. The zero-order valence-corrected chi connectivity index (χ0v) is 45.4. The van der Waals surface area contributed by atoms with Crippen LogP contribution in [0.15, 0.2) is 72.9 Å². The van der Waals surface area contributed by atoms with Crippen LogP contribution in [-0.4, -0.2) is 37.9 Å². The topological polar surface area (TPSA) is 61.8 Å². The first-order valence-corrected chi connectivity index (χ1v) is 29.5. The fourth-order valence-electron chi connectivity index (χ4n) is 8.36. The second-order valence-electron chi connectivity index (χ2n) is 19.5. The van der Waals surface area contributed by atoms with Crippen LogP contribution in [0.25, 0.3) is 0 Å². The van der Waals surface area contributed by atoms with Crippen LogP contribution in [0.2, 0.25) is 0 Å². The van der Waals surface area contributed by atoms with E-state index in [9.17, 15) is 9.59 Å². The molecule has 0 amide bonds. The van der Waals surface area contributed by atoms with E-state index in [1.165, 1.54) is 186 Å². The van der Waals surface area contributed by atoms with Gasteiger partial charge in [0.2, 0.25) is 0 Å². The minimum Gasteiger partial charge on any atom is -0.462 e. The summed E-state index contributed by atoms with van der Waals surface area (Å²) in [6.07, 6.45) is 76.3. The summed E-state index contributed by atoms with van der Waals surface area (Å²) in [4.78, 5) is 25.5. The number of esters is 2. The maximum atomic E-state index is 12.9. The molecule has 0 aromatic heterocycles. The summed E-state index contributed by atoms with van der Waals surface area (Å²) in [5.74, 6) is -0.397. The van der Waals surface area contributed by atoms with Gasteiger partial charge in [0.15, 0.2) is 6.10 Å². The summed E-state index contributed by atoms with van der Waals surface area (Å²) in [6.45, 7) is 7.70. The average molecular weight is 950 g/mol. The molecule has 0 spiro atoms. The summed E-state index contributed by atoms with van der Waals surface area (Å²) in [6, 6.07) is 0. The number of unbranched alkanes of at least 4 members (excludes halogenated alkanes) is 31. The van der Waals surface area contributed by atoms with Crippen molar-refractivity contribution in [1.82, 2.24) is 0 Å². The van der Waals surface area contributed by atoms with Gasteiger partial charge in [-0.2, -0.15) is 0 Å². The molecule has 0 radical (unpaired) electrons. The molecule has 0 rings (SSSR count). The summed E-state index contributed by atoms with van der Waals surface area (Å²) in [5.41, 5.74) is 0. The van der Waals surface area contributed by atoms with Gasteiger partial charge < -0.3 is 14.2 Å². The SMILES string of the molecule is CC/C=C\C/C=C\C/C=C\C/C=C\CCCCCCCCCOCC(COC(=O)CCCCCCCCCCC/C=C\C/C=C\CCCCC)OC(=O)CCCCCCCCCCCCCCC. The lowest BCUT2D eigenvalue weighted by Crippen LogP contribution is -2.30. The Morgan fingerprint density at radius 2 is 0.662 bits per heavy atom. The van der Waals surface area contributed by atoms with Crippen molar-refractivity contribution in [1.29, 1.82) is 0 Å². The van der Waals surface area contributed by atoms with Crippen molar-refractivity contribution < 1.29 is 23.8 Å². The molecule has 0 aromatic carbocycles. The van der Waals surface area contributed by atoms with Gasteiger partial charge in [0.1, 0.15) is 6.61 Å². The number of rotatable bonds is 54. The molecule has 1 unspecified atom stereocenters. The lowest BCUT2D eigenvalue weighted by Gasteiger charge is -2.18. The van der Waals surface area contributed by atoms with Gasteiger partial charge in [-0.15, -0.1) is 0 Å². The van der Waals surface area contributed by atoms with Gasteiger partial charge in [-0.3, -0.25) is 9.59 Å². The Bertz CT molecular complexity index is 1210. The zero-order chi connectivity index (χ0) is 49.2. The van der Waals surface area contributed by atoms with Crippen molar-refractivity contribution in [3.8, 4) is 0 Å². The first-order valence-electron chi connectivity index (χ1n) is 29.5. The molecule has 0 saturated carbocycles. The van der Waals surface area contributed by atoms with Gasteiger partial charge in [-0.05, 0) is 89.9 Å². The summed E-state index contributed by atoms with van der Waals surface area (Å²) < 4.78 is 17.5. The Morgan fingerprint density at radius 1 is 0.338 bits per heavy atom. The first kappa shape index (κ1) is 65.3. The van der Waals surface area contributed by atoms with Gasteiger partial charge in [0.25, 0.3) is 0 Å². The van der Waals surface area contributed by atoms with E-state index in [4.69, 9.17) is 14.2 Å². The predicted molar refractivity (Wildman–Crippen MR) is 297 cm³/mol. The molecular formula is C63H112O5. The molecule has 0 heterocycles. The number of hydrogen-bond donors (Lipinski definition) is 0. The third kappa shape index (κ3) is 55.9. The molecule has 0 aliphatic heterocycles. The monoisotopic (exact) mass is 949 g/mol. The van der Waals surface area contributed by atoms with Crippen molar-refractivity contribution >= 4 is 11.9 Å². The van der Waals surface area contributed by atoms with Crippen molar-refractivity contribution in [3.63, 3.8) is 0 Å². The molecule has 394 valence electrons. The molecule has 0 aliphatic rings. The largest absolute Gasteiger partial charge is 0.462 e. The molecule has 0 fully saturated rings. The van der Waals surface area contributed by atoms with Crippen LogP contribution in [0.5, 0.6) is 0 Å². The third-order valence-electron chi connectivity index (χ3n) is 12.7. The van der Waals surface area contributed by atoms with Crippen LogP contribution in [0, 0.1) is 0 Å². The van der Waals surface area contributed by atoms with Crippen LogP contribution in [-0.2, 0) is 23.8 Å². The highest BCUT2D eigenvalue weighted by molar-refractivity contribution is 5.70. The normalized spacial score (nSPS) is 12.7. The van der Waals surface area contributed by atoms with Gasteiger partial charge in [-0.25, -0.2) is 0 Å². The molecule has 68 heavy (non-hydrogen) atoms. The number of carbonyl (C=O) groups excluding carboxylic acids is 2. The number of carbonyl (C=O) groups is 2. The highest BCUT2D eigenvalue weighted by atomic mass is 16.6. The summed E-state index contributed by atoms with van der Waals surface area (Å²) in [7, 11) is 0. The van der Waals surface area contributed by atoms with Crippen molar-refractivity contribution in [2.75, 3.05) is 19.8 Å². The molecule has 5 heteroatoms. The molecule has 0 aliphatic carbocycles. The quantitative estimate of drug-likeness (QED) is 0.0345. The number of ether oxygens (including phenoxy) is 3. The van der Waals surface area contributed by atoms with Gasteiger partial charge >= 0.3 is 11.9 Å². The smallest absolute Gasteiger partial charge is 0.306 e.